The summed E-state index contributed by atoms with van der Waals surface area (Å²) in [7, 11) is 0. The van der Waals surface area contributed by atoms with Gasteiger partial charge in [0.2, 0.25) is 0 Å². The van der Waals surface area contributed by atoms with Gasteiger partial charge in [-0.3, -0.25) is 11.3 Å². The van der Waals surface area contributed by atoms with Gasteiger partial charge in [-0.2, -0.15) is 0 Å². The summed E-state index contributed by atoms with van der Waals surface area (Å²) in [5, 5.41) is 0. The van der Waals surface area contributed by atoms with Crippen molar-refractivity contribution in [3.05, 3.63) is 46.5 Å². The highest BCUT2D eigenvalue weighted by Gasteiger charge is 2.07. The Balaban J connectivity index is 2.67. The van der Waals surface area contributed by atoms with Crippen LogP contribution in [-0.4, -0.2) is 6.04 Å². The van der Waals surface area contributed by atoms with Crippen LogP contribution in [0, 0.1) is 0 Å². The van der Waals surface area contributed by atoms with Gasteiger partial charge in [0.05, 0.1) is 0 Å². The molecule has 76 valence electrons. The molecule has 14 heavy (non-hydrogen) atoms. The zero-order chi connectivity index (χ0) is 10.6. The van der Waals surface area contributed by atoms with E-state index in [-0.39, 0.29) is 6.04 Å². The fourth-order valence-corrected chi connectivity index (χ4v) is 1.50. The summed E-state index contributed by atoms with van der Waals surface area (Å²) in [4.78, 5) is 0. The van der Waals surface area contributed by atoms with Crippen LogP contribution in [0.25, 0.3) is 0 Å². The summed E-state index contributed by atoms with van der Waals surface area (Å²) < 4.78 is 1.09. The van der Waals surface area contributed by atoms with E-state index in [4.69, 9.17) is 5.84 Å². The van der Waals surface area contributed by atoms with Gasteiger partial charge in [0, 0.05) is 10.5 Å². The highest BCUT2D eigenvalue weighted by Crippen LogP contribution is 2.13. The third-order valence-electron chi connectivity index (χ3n) is 2.15. The van der Waals surface area contributed by atoms with Crippen LogP contribution in [0.4, 0.5) is 0 Å². The second-order valence-electron chi connectivity index (χ2n) is 3.40. The minimum Gasteiger partial charge on any atom is -0.271 e. The SMILES string of the molecule is C=C(C)C(Cc1ccc(Br)cc1)NN. The minimum atomic E-state index is 0.149. The van der Waals surface area contributed by atoms with E-state index in [2.05, 4.69) is 40.1 Å². The molecule has 0 saturated heterocycles. The van der Waals surface area contributed by atoms with Gasteiger partial charge < -0.3 is 0 Å². The molecule has 1 unspecified atom stereocenters. The summed E-state index contributed by atoms with van der Waals surface area (Å²) in [6.07, 6.45) is 0.874. The van der Waals surface area contributed by atoms with Crippen LogP contribution < -0.4 is 11.3 Å². The van der Waals surface area contributed by atoms with E-state index in [0.29, 0.717) is 0 Å². The first-order valence-corrected chi connectivity index (χ1v) is 5.28. The van der Waals surface area contributed by atoms with Gasteiger partial charge in [-0.1, -0.05) is 40.2 Å². The number of hydrogen-bond donors (Lipinski definition) is 2. The Kier molecular flexibility index (Phi) is 4.32. The number of rotatable bonds is 4. The maximum absolute atomic E-state index is 5.43. The van der Waals surface area contributed by atoms with E-state index in [9.17, 15) is 0 Å². The Morgan fingerprint density at radius 1 is 1.50 bits per heavy atom. The summed E-state index contributed by atoms with van der Waals surface area (Å²) in [5.74, 6) is 5.43. The number of benzene rings is 1. The molecule has 3 heteroatoms. The van der Waals surface area contributed by atoms with E-state index in [1.807, 2.05) is 19.1 Å². The lowest BCUT2D eigenvalue weighted by Gasteiger charge is -2.15. The highest BCUT2D eigenvalue weighted by molar-refractivity contribution is 9.10. The molecule has 0 radical (unpaired) electrons. The van der Waals surface area contributed by atoms with Crippen molar-refractivity contribution in [2.24, 2.45) is 5.84 Å². The predicted molar refractivity (Wildman–Crippen MR) is 63.8 cm³/mol. The number of hydrazine groups is 1. The summed E-state index contributed by atoms with van der Waals surface area (Å²) >= 11 is 3.40. The molecule has 0 aliphatic heterocycles. The molecular formula is C11H15BrN2. The maximum atomic E-state index is 5.43. The van der Waals surface area contributed by atoms with Crippen LogP contribution >= 0.6 is 15.9 Å². The molecule has 0 amide bonds. The third kappa shape index (κ3) is 3.25. The number of nitrogens with two attached hydrogens (primary N) is 1. The van der Waals surface area contributed by atoms with E-state index in [1.165, 1.54) is 5.56 Å². The molecule has 0 saturated carbocycles. The van der Waals surface area contributed by atoms with E-state index < -0.39 is 0 Å². The van der Waals surface area contributed by atoms with Crippen molar-refractivity contribution in [3.8, 4) is 0 Å². The highest BCUT2D eigenvalue weighted by atomic mass is 79.9. The zero-order valence-electron chi connectivity index (χ0n) is 8.26. The number of nitrogens with one attached hydrogen (secondary N) is 1. The van der Waals surface area contributed by atoms with Crippen molar-refractivity contribution < 1.29 is 0 Å². The number of halogens is 1. The van der Waals surface area contributed by atoms with E-state index in [0.717, 1.165) is 16.5 Å². The molecule has 1 rings (SSSR count). The molecule has 0 aliphatic carbocycles. The van der Waals surface area contributed by atoms with Crippen LogP contribution in [0.3, 0.4) is 0 Å². The first-order chi connectivity index (χ1) is 6.63. The molecule has 1 aromatic carbocycles. The van der Waals surface area contributed by atoms with Crippen molar-refractivity contribution in [2.75, 3.05) is 0 Å². The largest absolute Gasteiger partial charge is 0.271 e. The Morgan fingerprint density at radius 2 is 2.07 bits per heavy atom. The van der Waals surface area contributed by atoms with Crippen molar-refractivity contribution in [1.29, 1.82) is 0 Å². The molecule has 0 fully saturated rings. The summed E-state index contributed by atoms with van der Waals surface area (Å²) in [6.45, 7) is 5.86. The average Bonchev–Trinajstić information content (AvgIpc) is 2.16. The molecular weight excluding hydrogens is 240 g/mol. The molecule has 0 aromatic heterocycles. The number of hydrogen-bond acceptors (Lipinski definition) is 2. The van der Waals surface area contributed by atoms with Crippen LogP contribution in [0.15, 0.2) is 40.9 Å². The molecule has 1 atom stereocenters. The van der Waals surface area contributed by atoms with E-state index in [1.54, 1.807) is 0 Å². The standard InChI is InChI=1S/C11H15BrN2/c1-8(2)11(14-13)7-9-3-5-10(12)6-4-9/h3-6,11,14H,1,7,13H2,2H3. The molecule has 1 aromatic rings. The summed E-state index contributed by atoms with van der Waals surface area (Å²) in [5.41, 5.74) is 5.05. The molecule has 2 nitrogen and oxygen atoms in total. The molecule has 0 heterocycles. The lowest BCUT2D eigenvalue weighted by Crippen LogP contribution is -2.37. The van der Waals surface area contributed by atoms with Crippen LogP contribution in [0.1, 0.15) is 12.5 Å². The zero-order valence-corrected chi connectivity index (χ0v) is 9.84. The smallest absolute Gasteiger partial charge is 0.0454 e. The fourth-order valence-electron chi connectivity index (χ4n) is 1.23. The van der Waals surface area contributed by atoms with E-state index >= 15 is 0 Å². The summed E-state index contributed by atoms with van der Waals surface area (Å²) in [6, 6.07) is 8.37. The Labute approximate surface area is 93.3 Å². The molecule has 0 spiro atoms. The van der Waals surface area contributed by atoms with Gasteiger partial charge in [0.1, 0.15) is 0 Å². The Bertz CT molecular complexity index is 306. The lowest BCUT2D eigenvalue weighted by atomic mass is 10.0. The average molecular weight is 255 g/mol. The third-order valence-corrected chi connectivity index (χ3v) is 2.68. The van der Waals surface area contributed by atoms with Crippen LogP contribution in [0.5, 0.6) is 0 Å². The first-order valence-electron chi connectivity index (χ1n) is 4.49. The van der Waals surface area contributed by atoms with Gasteiger partial charge >= 0.3 is 0 Å². The lowest BCUT2D eigenvalue weighted by molar-refractivity contribution is 0.591. The second kappa shape index (κ2) is 5.29. The first kappa shape index (κ1) is 11.4. The maximum Gasteiger partial charge on any atom is 0.0454 e. The molecule has 0 aliphatic rings. The van der Waals surface area contributed by atoms with Crippen molar-refractivity contribution in [3.63, 3.8) is 0 Å². The van der Waals surface area contributed by atoms with Crippen LogP contribution in [0.2, 0.25) is 0 Å². The second-order valence-corrected chi connectivity index (χ2v) is 4.31. The van der Waals surface area contributed by atoms with Gasteiger partial charge in [-0.25, -0.2) is 0 Å². The monoisotopic (exact) mass is 254 g/mol. The van der Waals surface area contributed by atoms with Gasteiger partial charge in [-0.15, -0.1) is 0 Å². The van der Waals surface area contributed by atoms with Gasteiger partial charge in [0.25, 0.3) is 0 Å². The minimum absolute atomic E-state index is 0.149. The van der Waals surface area contributed by atoms with Crippen molar-refractivity contribution in [2.45, 2.75) is 19.4 Å². The van der Waals surface area contributed by atoms with Gasteiger partial charge in [-0.05, 0) is 31.0 Å². The topological polar surface area (TPSA) is 38.0 Å². The van der Waals surface area contributed by atoms with Crippen molar-refractivity contribution in [1.82, 2.24) is 5.43 Å². The molecule has 3 N–H and O–H groups in total. The quantitative estimate of drug-likeness (QED) is 0.492. The molecule has 0 bridgehead atoms. The van der Waals surface area contributed by atoms with Crippen LogP contribution in [-0.2, 0) is 6.42 Å². The Morgan fingerprint density at radius 3 is 2.50 bits per heavy atom. The van der Waals surface area contributed by atoms with Crippen molar-refractivity contribution >= 4 is 15.9 Å². The fraction of sp³-hybridized carbons (Fsp3) is 0.273. The Hall–Kier alpha value is -0.640. The predicted octanol–water partition coefficient (Wildman–Crippen LogP) is 2.40. The van der Waals surface area contributed by atoms with Gasteiger partial charge in [0.15, 0.2) is 0 Å². The normalized spacial score (nSPS) is 12.5.